The molecule has 0 N–H and O–H groups in total. The smallest absolute Gasteiger partial charge is 0.264 e. The standard InChI is InChI=1S/C23H30N2O3S/c1-16(2)5-10-22(26)24-11-13-25(14-12-24)23(27)21-15-20(17(3)29-21)18-6-8-19(28-4)9-7-18/h6-9,15-16H,5,10-14H2,1-4H3. The van der Waals surface area contributed by atoms with Crippen LogP contribution in [-0.2, 0) is 4.79 Å². The maximum Gasteiger partial charge on any atom is 0.264 e. The minimum Gasteiger partial charge on any atom is -0.497 e. The number of piperazine rings is 1. The highest BCUT2D eigenvalue weighted by molar-refractivity contribution is 7.14. The number of ether oxygens (including phenoxy) is 1. The van der Waals surface area contributed by atoms with Crippen molar-refractivity contribution in [2.75, 3.05) is 33.3 Å². The van der Waals surface area contributed by atoms with Gasteiger partial charge in [-0.1, -0.05) is 26.0 Å². The van der Waals surface area contributed by atoms with Gasteiger partial charge in [-0.25, -0.2) is 0 Å². The number of thiophene rings is 1. The highest BCUT2D eigenvalue weighted by atomic mass is 32.1. The molecule has 29 heavy (non-hydrogen) atoms. The molecule has 0 spiro atoms. The summed E-state index contributed by atoms with van der Waals surface area (Å²) in [6.07, 6.45) is 1.52. The molecule has 1 fully saturated rings. The van der Waals surface area contributed by atoms with Crippen molar-refractivity contribution >= 4 is 23.2 Å². The van der Waals surface area contributed by atoms with Crippen LogP contribution in [0.4, 0.5) is 0 Å². The van der Waals surface area contributed by atoms with E-state index in [2.05, 4.69) is 13.8 Å². The third-order valence-electron chi connectivity index (χ3n) is 5.38. The fourth-order valence-corrected chi connectivity index (χ4v) is 4.54. The van der Waals surface area contributed by atoms with Crippen molar-refractivity contribution in [2.24, 2.45) is 5.92 Å². The maximum atomic E-state index is 13.0. The van der Waals surface area contributed by atoms with Crippen molar-refractivity contribution in [1.29, 1.82) is 0 Å². The van der Waals surface area contributed by atoms with Crippen molar-refractivity contribution in [3.05, 3.63) is 40.1 Å². The number of methoxy groups -OCH3 is 1. The lowest BCUT2D eigenvalue weighted by Crippen LogP contribution is -2.50. The number of aryl methyl sites for hydroxylation is 1. The van der Waals surface area contributed by atoms with Crippen LogP contribution in [0.3, 0.4) is 0 Å². The van der Waals surface area contributed by atoms with Crippen LogP contribution in [0.25, 0.3) is 11.1 Å². The Kier molecular flexibility index (Phi) is 6.96. The summed E-state index contributed by atoms with van der Waals surface area (Å²) in [5, 5.41) is 0. The number of hydrogen-bond acceptors (Lipinski definition) is 4. The number of carbonyl (C=O) groups is 2. The molecular formula is C23H30N2O3S. The molecular weight excluding hydrogens is 384 g/mol. The Labute approximate surface area is 177 Å². The van der Waals surface area contributed by atoms with E-state index in [0.717, 1.165) is 33.1 Å². The van der Waals surface area contributed by atoms with E-state index in [1.807, 2.05) is 47.1 Å². The lowest BCUT2D eigenvalue weighted by molar-refractivity contribution is -0.132. The van der Waals surface area contributed by atoms with Gasteiger partial charge in [-0.05, 0) is 48.6 Å². The molecule has 1 saturated heterocycles. The van der Waals surface area contributed by atoms with Gasteiger partial charge in [0, 0.05) is 37.5 Å². The molecule has 1 aromatic carbocycles. The summed E-state index contributed by atoms with van der Waals surface area (Å²) >= 11 is 1.54. The normalized spacial score (nSPS) is 14.4. The Morgan fingerprint density at radius 1 is 1.07 bits per heavy atom. The van der Waals surface area contributed by atoms with E-state index >= 15 is 0 Å². The number of hydrogen-bond donors (Lipinski definition) is 0. The van der Waals surface area contributed by atoms with Gasteiger partial charge in [0.15, 0.2) is 0 Å². The first-order valence-electron chi connectivity index (χ1n) is 10.2. The van der Waals surface area contributed by atoms with Crippen LogP contribution < -0.4 is 4.74 Å². The topological polar surface area (TPSA) is 49.9 Å². The molecule has 156 valence electrons. The predicted molar refractivity (Wildman–Crippen MR) is 118 cm³/mol. The second kappa shape index (κ2) is 9.44. The number of nitrogens with zero attached hydrogens (tertiary/aromatic N) is 2. The molecule has 3 rings (SSSR count). The summed E-state index contributed by atoms with van der Waals surface area (Å²) in [6.45, 7) is 8.76. The molecule has 0 bridgehead atoms. The van der Waals surface area contributed by atoms with E-state index in [9.17, 15) is 9.59 Å². The fourth-order valence-electron chi connectivity index (χ4n) is 3.53. The molecule has 2 heterocycles. The van der Waals surface area contributed by atoms with E-state index < -0.39 is 0 Å². The van der Waals surface area contributed by atoms with E-state index in [0.29, 0.717) is 38.5 Å². The third kappa shape index (κ3) is 5.18. The molecule has 2 aromatic rings. The summed E-state index contributed by atoms with van der Waals surface area (Å²) < 4.78 is 5.22. The molecule has 0 saturated carbocycles. The molecule has 1 aromatic heterocycles. The largest absolute Gasteiger partial charge is 0.497 e. The van der Waals surface area contributed by atoms with Crippen molar-refractivity contribution in [3.8, 4) is 16.9 Å². The molecule has 5 nitrogen and oxygen atoms in total. The first-order chi connectivity index (χ1) is 13.9. The van der Waals surface area contributed by atoms with Crippen molar-refractivity contribution in [1.82, 2.24) is 9.80 Å². The first kappa shape index (κ1) is 21.4. The van der Waals surface area contributed by atoms with Crippen molar-refractivity contribution in [2.45, 2.75) is 33.6 Å². The second-order valence-corrected chi connectivity index (χ2v) is 9.17. The SMILES string of the molecule is COc1ccc(-c2cc(C(=O)N3CCN(C(=O)CCC(C)C)CC3)sc2C)cc1. The second-order valence-electron chi connectivity index (χ2n) is 7.91. The lowest BCUT2D eigenvalue weighted by atomic mass is 10.1. The number of carbonyl (C=O) groups excluding carboxylic acids is 2. The summed E-state index contributed by atoms with van der Waals surface area (Å²) in [7, 11) is 1.65. The lowest BCUT2D eigenvalue weighted by Gasteiger charge is -2.34. The van der Waals surface area contributed by atoms with Crippen LogP contribution in [0, 0.1) is 12.8 Å². The first-order valence-corrected chi connectivity index (χ1v) is 11.0. The average molecular weight is 415 g/mol. The van der Waals surface area contributed by atoms with Crippen LogP contribution in [0.15, 0.2) is 30.3 Å². The average Bonchev–Trinajstić information content (AvgIpc) is 3.13. The molecule has 0 atom stereocenters. The summed E-state index contributed by atoms with van der Waals surface area (Å²) in [5.74, 6) is 1.62. The van der Waals surface area contributed by atoms with Crippen LogP contribution in [-0.4, -0.2) is 54.9 Å². The van der Waals surface area contributed by atoms with Gasteiger partial charge in [0.2, 0.25) is 5.91 Å². The van der Waals surface area contributed by atoms with Gasteiger partial charge >= 0.3 is 0 Å². The minimum absolute atomic E-state index is 0.0622. The fraction of sp³-hybridized carbons (Fsp3) is 0.478. The Morgan fingerprint density at radius 3 is 2.28 bits per heavy atom. The summed E-state index contributed by atoms with van der Waals surface area (Å²) in [4.78, 5) is 31.0. The van der Waals surface area contributed by atoms with E-state index in [4.69, 9.17) is 4.74 Å². The van der Waals surface area contributed by atoms with Gasteiger partial charge in [-0.3, -0.25) is 9.59 Å². The third-order valence-corrected chi connectivity index (χ3v) is 6.42. The molecule has 0 radical (unpaired) electrons. The summed E-state index contributed by atoms with van der Waals surface area (Å²) in [5.41, 5.74) is 2.17. The zero-order valence-electron chi connectivity index (χ0n) is 17.7. The molecule has 0 aliphatic carbocycles. The predicted octanol–water partition coefficient (Wildman–Crippen LogP) is 4.45. The van der Waals surface area contributed by atoms with Crippen molar-refractivity contribution < 1.29 is 14.3 Å². The Hall–Kier alpha value is -2.34. The highest BCUT2D eigenvalue weighted by Crippen LogP contribution is 2.32. The molecule has 2 amide bonds. The Bertz CT molecular complexity index is 850. The van der Waals surface area contributed by atoms with Crippen LogP contribution in [0.2, 0.25) is 0 Å². The number of rotatable bonds is 6. The van der Waals surface area contributed by atoms with Crippen molar-refractivity contribution in [3.63, 3.8) is 0 Å². The van der Waals surface area contributed by atoms with Gasteiger partial charge in [-0.15, -0.1) is 11.3 Å². The van der Waals surface area contributed by atoms with Crippen LogP contribution >= 0.6 is 11.3 Å². The molecule has 6 heteroatoms. The van der Waals surface area contributed by atoms with Gasteiger partial charge in [0.1, 0.15) is 5.75 Å². The zero-order valence-corrected chi connectivity index (χ0v) is 18.6. The summed E-state index contributed by atoms with van der Waals surface area (Å²) in [6, 6.07) is 9.89. The molecule has 0 unspecified atom stereocenters. The zero-order chi connectivity index (χ0) is 21.0. The molecule has 1 aliphatic rings. The Morgan fingerprint density at radius 2 is 1.69 bits per heavy atom. The molecule has 1 aliphatic heterocycles. The maximum absolute atomic E-state index is 13.0. The monoisotopic (exact) mass is 414 g/mol. The van der Waals surface area contributed by atoms with Gasteiger partial charge in [0.25, 0.3) is 5.91 Å². The number of amides is 2. The highest BCUT2D eigenvalue weighted by Gasteiger charge is 2.26. The Balaban J connectivity index is 1.62. The van der Waals surface area contributed by atoms with Gasteiger partial charge < -0.3 is 14.5 Å². The van der Waals surface area contributed by atoms with E-state index in [-0.39, 0.29) is 11.8 Å². The minimum atomic E-state index is 0.0622. The van der Waals surface area contributed by atoms with Gasteiger partial charge in [-0.2, -0.15) is 0 Å². The van der Waals surface area contributed by atoms with Crippen LogP contribution in [0.5, 0.6) is 5.75 Å². The number of benzene rings is 1. The quantitative estimate of drug-likeness (QED) is 0.702. The van der Waals surface area contributed by atoms with Gasteiger partial charge in [0.05, 0.1) is 12.0 Å². The van der Waals surface area contributed by atoms with E-state index in [1.165, 1.54) is 11.3 Å². The van der Waals surface area contributed by atoms with Crippen LogP contribution in [0.1, 0.15) is 41.2 Å². The van der Waals surface area contributed by atoms with E-state index in [1.54, 1.807) is 7.11 Å².